The minimum absolute atomic E-state index is 0.0825. The number of aryl methyl sites for hydroxylation is 1. The lowest BCUT2D eigenvalue weighted by molar-refractivity contribution is -0.136. The molecule has 5 nitrogen and oxygen atoms in total. The first kappa shape index (κ1) is 19.6. The fraction of sp³-hybridized carbons (Fsp3) is 0.591. The van der Waals surface area contributed by atoms with Gasteiger partial charge in [-0.05, 0) is 36.5 Å². The Labute approximate surface area is 161 Å². The third-order valence-corrected chi connectivity index (χ3v) is 5.73. The van der Waals surface area contributed by atoms with Gasteiger partial charge in [-0.2, -0.15) is 0 Å². The highest BCUT2D eigenvalue weighted by Gasteiger charge is 2.39. The average molecular weight is 370 g/mol. The Morgan fingerprint density at radius 3 is 2.52 bits per heavy atom. The van der Waals surface area contributed by atoms with Crippen LogP contribution >= 0.6 is 0 Å². The van der Waals surface area contributed by atoms with Crippen LogP contribution in [0.2, 0.25) is 0 Å². The Kier molecular flexibility index (Phi) is 6.64. The number of nitrogens with one attached hydrogen (secondary N) is 1. The topological polar surface area (TPSA) is 66.5 Å². The molecular weight excluding hydrogens is 340 g/mol. The molecule has 1 fully saturated rings. The van der Waals surface area contributed by atoms with E-state index in [2.05, 4.69) is 18.3 Å². The van der Waals surface area contributed by atoms with E-state index in [1.165, 1.54) is 44.1 Å². The van der Waals surface area contributed by atoms with E-state index in [4.69, 9.17) is 0 Å². The molecule has 146 valence electrons. The number of imide groups is 1. The number of carbonyl (C=O) groups excluding carboxylic acids is 3. The van der Waals surface area contributed by atoms with Crippen molar-refractivity contribution in [1.82, 2.24) is 10.2 Å². The number of hydrogen-bond donors (Lipinski definition) is 1. The van der Waals surface area contributed by atoms with Crippen LogP contribution in [0.1, 0.15) is 86.2 Å². The van der Waals surface area contributed by atoms with Crippen LogP contribution in [-0.2, 0) is 22.6 Å². The van der Waals surface area contributed by atoms with Gasteiger partial charge in [-0.25, -0.2) is 0 Å². The Hall–Kier alpha value is -2.17. The highest BCUT2D eigenvalue weighted by Crippen LogP contribution is 2.30. The van der Waals surface area contributed by atoms with Crippen LogP contribution in [0.3, 0.4) is 0 Å². The number of rotatable bonds is 9. The highest BCUT2D eigenvalue weighted by atomic mass is 16.2. The summed E-state index contributed by atoms with van der Waals surface area (Å²) in [4.78, 5) is 38.0. The molecular formula is C22H30N2O3. The van der Waals surface area contributed by atoms with Gasteiger partial charge >= 0.3 is 0 Å². The molecule has 1 aromatic carbocycles. The van der Waals surface area contributed by atoms with Crippen molar-refractivity contribution in [2.24, 2.45) is 0 Å². The molecule has 3 rings (SSSR count). The summed E-state index contributed by atoms with van der Waals surface area (Å²) >= 11 is 0. The molecule has 1 aromatic rings. The maximum atomic E-state index is 12.8. The number of benzene rings is 1. The normalized spacial score (nSPS) is 19.4. The van der Waals surface area contributed by atoms with Crippen LogP contribution in [0, 0.1) is 0 Å². The summed E-state index contributed by atoms with van der Waals surface area (Å²) in [5.41, 5.74) is 3.02. The molecule has 1 unspecified atom stereocenters. The quantitative estimate of drug-likeness (QED) is 0.532. The maximum Gasteiger partial charge on any atom is 0.255 e. The van der Waals surface area contributed by atoms with Crippen LogP contribution < -0.4 is 5.32 Å². The molecule has 27 heavy (non-hydrogen) atoms. The van der Waals surface area contributed by atoms with E-state index in [0.29, 0.717) is 19.4 Å². The summed E-state index contributed by atoms with van der Waals surface area (Å²) in [6.07, 6.45) is 10.5. The fourth-order valence-electron chi connectivity index (χ4n) is 4.16. The molecule has 5 heteroatoms. The zero-order valence-electron chi connectivity index (χ0n) is 16.3. The van der Waals surface area contributed by atoms with Crippen molar-refractivity contribution >= 4 is 17.7 Å². The smallest absolute Gasteiger partial charge is 0.255 e. The summed E-state index contributed by atoms with van der Waals surface area (Å²) in [5.74, 6) is -0.679. The molecule has 0 spiro atoms. The zero-order chi connectivity index (χ0) is 19.2. The van der Waals surface area contributed by atoms with Gasteiger partial charge in [-0.3, -0.25) is 19.7 Å². The van der Waals surface area contributed by atoms with Gasteiger partial charge in [-0.1, -0.05) is 57.6 Å². The van der Waals surface area contributed by atoms with Crippen molar-refractivity contribution in [3.63, 3.8) is 0 Å². The van der Waals surface area contributed by atoms with E-state index >= 15 is 0 Å². The number of nitrogens with zero attached hydrogens (tertiary/aromatic N) is 1. The SMILES string of the molecule is CCCCCCCCCc1cccc2c1CN(C1CCC(=O)NC1=O)C2=O. The predicted molar refractivity (Wildman–Crippen MR) is 104 cm³/mol. The molecule has 1 saturated heterocycles. The molecule has 3 amide bonds. The van der Waals surface area contributed by atoms with E-state index in [9.17, 15) is 14.4 Å². The second-order valence-corrected chi connectivity index (χ2v) is 7.71. The molecule has 0 radical (unpaired) electrons. The molecule has 2 aliphatic heterocycles. The van der Waals surface area contributed by atoms with Gasteiger partial charge in [0.05, 0.1) is 0 Å². The van der Waals surface area contributed by atoms with Gasteiger partial charge in [0.25, 0.3) is 5.91 Å². The maximum absolute atomic E-state index is 12.8. The molecule has 1 N–H and O–H groups in total. The number of carbonyl (C=O) groups is 3. The van der Waals surface area contributed by atoms with Crippen molar-refractivity contribution in [1.29, 1.82) is 0 Å². The van der Waals surface area contributed by atoms with Gasteiger partial charge in [0.2, 0.25) is 11.8 Å². The lowest BCUT2D eigenvalue weighted by Gasteiger charge is -2.29. The van der Waals surface area contributed by atoms with E-state index < -0.39 is 6.04 Å². The number of piperidine rings is 1. The second kappa shape index (κ2) is 9.16. The minimum Gasteiger partial charge on any atom is -0.322 e. The minimum atomic E-state index is -0.533. The van der Waals surface area contributed by atoms with Crippen LogP contribution in [0.25, 0.3) is 0 Å². The van der Waals surface area contributed by atoms with Gasteiger partial charge in [0.1, 0.15) is 6.04 Å². The van der Waals surface area contributed by atoms with E-state index in [1.54, 1.807) is 4.90 Å². The lowest BCUT2D eigenvalue weighted by Crippen LogP contribution is -2.52. The molecule has 0 aliphatic carbocycles. The average Bonchev–Trinajstić information content (AvgIpc) is 2.98. The standard InChI is InChI=1S/C22H30N2O3/c1-2-3-4-5-6-7-8-10-16-11-9-12-17-18(16)15-24(22(17)27)19-13-14-20(25)23-21(19)26/h9,11-12,19H,2-8,10,13-15H2,1H3,(H,23,25,26). The van der Waals surface area contributed by atoms with Crippen LogP contribution in [0.5, 0.6) is 0 Å². The molecule has 1 atom stereocenters. The summed E-state index contributed by atoms with van der Waals surface area (Å²) in [6, 6.07) is 5.38. The van der Waals surface area contributed by atoms with Gasteiger partial charge < -0.3 is 4.90 Å². The Bertz CT molecular complexity index is 714. The van der Waals surface area contributed by atoms with Gasteiger partial charge in [-0.15, -0.1) is 0 Å². The molecule has 0 saturated carbocycles. The molecule has 2 aliphatic rings. The summed E-state index contributed by atoms with van der Waals surface area (Å²) in [5, 5.41) is 2.36. The lowest BCUT2D eigenvalue weighted by atomic mass is 9.98. The fourth-order valence-corrected chi connectivity index (χ4v) is 4.16. The first-order chi connectivity index (χ1) is 13.1. The Balaban J connectivity index is 1.59. The van der Waals surface area contributed by atoms with Crippen molar-refractivity contribution < 1.29 is 14.4 Å². The molecule has 2 heterocycles. The Morgan fingerprint density at radius 1 is 1.04 bits per heavy atom. The summed E-state index contributed by atoms with van der Waals surface area (Å²) in [6.45, 7) is 2.71. The zero-order valence-corrected chi connectivity index (χ0v) is 16.3. The van der Waals surface area contributed by atoms with Crippen molar-refractivity contribution in [2.75, 3.05) is 0 Å². The van der Waals surface area contributed by atoms with Crippen molar-refractivity contribution in [3.8, 4) is 0 Å². The van der Waals surface area contributed by atoms with Gasteiger partial charge in [0, 0.05) is 18.5 Å². The molecule has 0 bridgehead atoms. The third-order valence-electron chi connectivity index (χ3n) is 5.73. The van der Waals surface area contributed by atoms with Crippen LogP contribution in [0.15, 0.2) is 18.2 Å². The second-order valence-electron chi connectivity index (χ2n) is 7.71. The summed E-state index contributed by atoms with van der Waals surface area (Å²) < 4.78 is 0. The predicted octanol–water partition coefficient (Wildman–Crippen LogP) is 3.74. The highest BCUT2D eigenvalue weighted by molar-refractivity contribution is 6.05. The number of unbranched alkanes of at least 4 members (excludes halogenated alkanes) is 6. The Morgan fingerprint density at radius 2 is 1.78 bits per heavy atom. The van der Waals surface area contributed by atoms with E-state index in [0.717, 1.165) is 24.0 Å². The summed E-state index contributed by atoms with van der Waals surface area (Å²) in [7, 11) is 0. The molecule has 0 aromatic heterocycles. The van der Waals surface area contributed by atoms with E-state index in [-0.39, 0.29) is 17.7 Å². The first-order valence-corrected chi connectivity index (χ1v) is 10.4. The van der Waals surface area contributed by atoms with Crippen LogP contribution in [0.4, 0.5) is 0 Å². The first-order valence-electron chi connectivity index (χ1n) is 10.4. The number of hydrogen-bond acceptors (Lipinski definition) is 3. The number of fused-ring (bicyclic) bond motifs is 1. The van der Waals surface area contributed by atoms with Gasteiger partial charge in [0.15, 0.2) is 0 Å². The number of amides is 3. The third kappa shape index (κ3) is 4.57. The van der Waals surface area contributed by atoms with E-state index in [1.807, 2.05) is 12.1 Å². The largest absolute Gasteiger partial charge is 0.322 e. The van der Waals surface area contributed by atoms with Crippen LogP contribution in [-0.4, -0.2) is 28.7 Å². The van der Waals surface area contributed by atoms with Crippen molar-refractivity contribution in [2.45, 2.75) is 83.7 Å². The monoisotopic (exact) mass is 370 g/mol. The van der Waals surface area contributed by atoms with Crippen molar-refractivity contribution in [3.05, 3.63) is 34.9 Å².